The summed E-state index contributed by atoms with van der Waals surface area (Å²) in [7, 11) is 0. The van der Waals surface area contributed by atoms with Gasteiger partial charge in [0.05, 0.1) is 8.61 Å². The van der Waals surface area contributed by atoms with E-state index in [-0.39, 0.29) is 10.2 Å². The third-order valence-electron chi connectivity index (χ3n) is 3.99. The van der Waals surface area contributed by atoms with E-state index in [1.165, 1.54) is 25.4 Å². The third kappa shape index (κ3) is 3.37. The lowest BCUT2D eigenvalue weighted by atomic mass is 9.82. The summed E-state index contributed by atoms with van der Waals surface area (Å²) in [6.45, 7) is 8.98. The Labute approximate surface area is 142 Å². The fraction of sp³-hybridized carbons (Fsp3) is 0.412. The molecule has 0 aliphatic heterocycles. The van der Waals surface area contributed by atoms with Crippen LogP contribution in [0.5, 0.6) is 0 Å². The van der Waals surface area contributed by atoms with Crippen LogP contribution in [0.4, 0.5) is 0 Å². The van der Waals surface area contributed by atoms with E-state index in [4.69, 9.17) is 0 Å². The van der Waals surface area contributed by atoms with Crippen LogP contribution >= 0.6 is 43.2 Å². The molecule has 1 aromatic carbocycles. The summed E-state index contributed by atoms with van der Waals surface area (Å²) >= 11 is 9.23. The number of rotatable bonds is 4. The smallest absolute Gasteiger partial charge is 0.0738 e. The summed E-state index contributed by atoms with van der Waals surface area (Å²) in [5.74, 6) is 0. The van der Waals surface area contributed by atoms with Gasteiger partial charge in [-0.05, 0) is 57.4 Å². The molecular weight excluding hydrogens is 396 g/mol. The van der Waals surface area contributed by atoms with Crippen molar-refractivity contribution < 1.29 is 0 Å². The summed E-state index contributed by atoms with van der Waals surface area (Å²) < 4.78 is 1.22. The summed E-state index contributed by atoms with van der Waals surface area (Å²) in [5.41, 5.74) is 4.28. The van der Waals surface area contributed by atoms with Crippen LogP contribution in [0.3, 0.4) is 0 Å². The van der Waals surface area contributed by atoms with E-state index < -0.39 is 0 Å². The van der Waals surface area contributed by atoms with Crippen molar-refractivity contribution in [3.05, 3.63) is 55.7 Å². The largest absolute Gasteiger partial charge is 0.131 e. The van der Waals surface area contributed by atoms with Gasteiger partial charge in [-0.15, -0.1) is 11.3 Å². The summed E-state index contributed by atoms with van der Waals surface area (Å²) in [6, 6.07) is 11.3. The van der Waals surface area contributed by atoms with E-state index in [1.54, 1.807) is 11.3 Å². The molecule has 0 aliphatic carbocycles. The maximum absolute atomic E-state index is 3.82. The summed E-state index contributed by atoms with van der Waals surface area (Å²) in [4.78, 5) is 1.62. The highest BCUT2D eigenvalue weighted by atomic mass is 79.9. The van der Waals surface area contributed by atoms with Crippen molar-refractivity contribution in [3.8, 4) is 0 Å². The van der Waals surface area contributed by atoms with Gasteiger partial charge in [-0.1, -0.05) is 61.0 Å². The molecule has 0 radical (unpaired) electrons. The van der Waals surface area contributed by atoms with Crippen molar-refractivity contribution in [1.82, 2.24) is 0 Å². The molecule has 20 heavy (non-hydrogen) atoms. The minimum absolute atomic E-state index is 0.253. The van der Waals surface area contributed by atoms with Gasteiger partial charge in [0.25, 0.3) is 0 Å². The van der Waals surface area contributed by atoms with E-state index in [2.05, 4.69) is 89.9 Å². The fourth-order valence-corrected chi connectivity index (χ4v) is 4.38. The second-order valence-electron chi connectivity index (χ2n) is 5.83. The SMILES string of the molecule is CCC(C)(C)c1ccc(C(Br)c2cc(C)c(Br)s2)cc1. The van der Waals surface area contributed by atoms with Crippen molar-refractivity contribution in [3.63, 3.8) is 0 Å². The van der Waals surface area contributed by atoms with Gasteiger partial charge in [0, 0.05) is 4.88 Å². The van der Waals surface area contributed by atoms with Gasteiger partial charge in [-0.3, -0.25) is 0 Å². The lowest BCUT2D eigenvalue weighted by molar-refractivity contribution is 0.506. The highest BCUT2D eigenvalue weighted by Gasteiger charge is 2.19. The van der Waals surface area contributed by atoms with Crippen LogP contribution < -0.4 is 0 Å². The molecule has 108 valence electrons. The zero-order chi connectivity index (χ0) is 14.9. The Bertz CT molecular complexity index is 562. The van der Waals surface area contributed by atoms with Gasteiger partial charge < -0.3 is 0 Å². The second kappa shape index (κ2) is 6.33. The van der Waals surface area contributed by atoms with Gasteiger partial charge >= 0.3 is 0 Å². The Kier molecular flexibility index (Phi) is 5.14. The number of hydrogen-bond acceptors (Lipinski definition) is 1. The molecule has 1 atom stereocenters. The highest BCUT2D eigenvalue weighted by molar-refractivity contribution is 9.11. The molecule has 3 heteroatoms. The molecule has 2 aromatic rings. The van der Waals surface area contributed by atoms with Gasteiger partial charge in [-0.25, -0.2) is 0 Å². The predicted molar refractivity (Wildman–Crippen MR) is 97.3 cm³/mol. The molecule has 0 aliphatic rings. The lowest BCUT2D eigenvalue weighted by Gasteiger charge is -2.23. The molecule has 0 N–H and O–H groups in total. The number of aryl methyl sites for hydroxylation is 1. The molecule has 1 heterocycles. The molecule has 2 rings (SSSR count). The van der Waals surface area contributed by atoms with Gasteiger partial charge in [-0.2, -0.15) is 0 Å². The van der Waals surface area contributed by atoms with E-state index in [0.29, 0.717) is 0 Å². The van der Waals surface area contributed by atoms with Crippen LogP contribution in [-0.2, 0) is 5.41 Å². The van der Waals surface area contributed by atoms with E-state index in [9.17, 15) is 0 Å². The first-order valence-corrected chi connectivity index (χ1v) is 9.38. The Hall–Kier alpha value is -0.120. The molecule has 1 aromatic heterocycles. The first-order chi connectivity index (χ1) is 9.35. The molecule has 0 saturated carbocycles. The van der Waals surface area contributed by atoms with Crippen LogP contribution in [-0.4, -0.2) is 0 Å². The Morgan fingerprint density at radius 2 is 1.80 bits per heavy atom. The second-order valence-corrected chi connectivity index (χ2v) is 9.14. The number of hydrogen-bond donors (Lipinski definition) is 0. The summed E-state index contributed by atoms with van der Waals surface area (Å²) in [5, 5.41) is 0. The van der Waals surface area contributed by atoms with E-state index in [0.717, 1.165) is 6.42 Å². The number of thiophene rings is 1. The van der Waals surface area contributed by atoms with Crippen LogP contribution in [0.1, 0.15) is 53.6 Å². The van der Waals surface area contributed by atoms with Crippen molar-refractivity contribution in [2.75, 3.05) is 0 Å². The van der Waals surface area contributed by atoms with E-state index >= 15 is 0 Å². The molecule has 1 unspecified atom stereocenters. The van der Waals surface area contributed by atoms with Crippen molar-refractivity contribution in [2.45, 2.75) is 44.4 Å². The topological polar surface area (TPSA) is 0 Å². The van der Waals surface area contributed by atoms with Gasteiger partial charge in [0.1, 0.15) is 0 Å². The number of alkyl halides is 1. The van der Waals surface area contributed by atoms with Crippen LogP contribution in [0.15, 0.2) is 34.1 Å². The van der Waals surface area contributed by atoms with Crippen LogP contribution in [0.2, 0.25) is 0 Å². The number of benzene rings is 1. The summed E-state index contributed by atoms with van der Waals surface area (Å²) in [6.07, 6.45) is 1.15. The maximum atomic E-state index is 3.82. The monoisotopic (exact) mass is 414 g/mol. The highest BCUT2D eigenvalue weighted by Crippen LogP contribution is 2.39. The fourth-order valence-electron chi connectivity index (χ4n) is 2.08. The maximum Gasteiger partial charge on any atom is 0.0738 e. The van der Waals surface area contributed by atoms with Crippen molar-refractivity contribution in [1.29, 1.82) is 0 Å². The molecule has 0 bridgehead atoms. The lowest BCUT2D eigenvalue weighted by Crippen LogP contribution is -2.15. The molecule has 0 fully saturated rings. The van der Waals surface area contributed by atoms with Crippen molar-refractivity contribution >= 4 is 43.2 Å². The minimum Gasteiger partial charge on any atom is -0.131 e. The molecule has 0 nitrogen and oxygen atoms in total. The quantitative estimate of drug-likeness (QED) is 0.472. The molecular formula is C17H20Br2S. The molecule has 0 amide bonds. The van der Waals surface area contributed by atoms with Gasteiger partial charge in [0.2, 0.25) is 0 Å². The first kappa shape index (κ1) is 16.3. The van der Waals surface area contributed by atoms with Gasteiger partial charge in [0.15, 0.2) is 0 Å². The zero-order valence-electron chi connectivity index (χ0n) is 12.3. The predicted octanol–water partition coefficient (Wildman–Crippen LogP) is 6.99. The van der Waals surface area contributed by atoms with Crippen LogP contribution in [0.25, 0.3) is 0 Å². The minimum atomic E-state index is 0.253. The third-order valence-corrected chi connectivity index (χ3v) is 7.52. The standard InChI is InChI=1S/C17H20Br2S/c1-5-17(3,4)13-8-6-12(7-9-13)15(18)14-10-11(2)16(19)20-14/h6-10,15H,5H2,1-4H3. The average molecular weight is 416 g/mol. The molecule has 0 saturated heterocycles. The molecule has 0 spiro atoms. The number of halogens is 2. The Morgan fingerprint density at radius 1 is 1.20 bits per heavy atom. The zero-order valence-corrected chi connectivity index (χ0v) is 16.3. The Balaban J connectivity index is 2.26. The normalized spacial score (nSPS) is 13.5. The van der Waals surface area contributed by atoms with Crippen molar-refractivity contribution in [2.24, 2.45) is 0 Å². The average Bonchev–Trinajstić information content (AvgIpc) is 2.78. The van der Waals surface area contributed by atoms with Crippen LogP contribution in [0, 0.1) is 6.92 Å². The van der Waals surface area contributed by atoms with E-state index in [1.807, 2.05) is 0 Å². The first-order valence-electron chi connectivity index (χ1n) is 6.85. The Morgan fingerprint density at radius 3 is 2.25 bits per heavy atom.